The van der Waals surface area contributed by atoms with Gasteiger partial charge < -0.3 is 0 Å². The highest BCUT2D eigenvalue weighted by atomic mass is 32.1. The van der Waals surface area contributed by atoms with Crippen LogP contribution in [0.2, 0.25) is 0 Å². The van der Waals surface area contributed by atoms with Crippen LogP contribution < -0.4 is 5.43 Å². The highest BCUT2D eigenvalue weighted by molar-refractivity contribution is 7.09. The summed E-state index contributed by atoms with van der Waals surface area (Å²) in [6, 6.07) is 13.0. The van der Waals surface area contributed by atoms with Crippen molar-refractivity contribution in [2.24, 2.45) is 5.10 Å². The van der Waals surface area contributed by atoms with Crippen molar-refractivity contribution in [2.45, 2.75) is 6.92 Å². The number of nitrogens with zero attached hydrogens (tertiary/aromatic N) is 4. The van der Waals surface area contributed by atoms with Crippen LogP contribution in [0, 0.1) is 6.92 Å². The Kier molecular flexibility index (Phi) is 4.67. The highest BCUT2D eigenvalue weighted by Gasteiger charge is 2.13. The number of hydrogen-bond acceptors (Lipinski definition) is 6. The molecule has 0 aliphatic carbocycles. The number of hydrazone groups is 1. The lowest BCUT2D eigenvalue weighted by atomic mass is 10.0. The van der Waals surface area contributed by atoms with E-state index in [0.29, 0.717) is 11.3 Å². The first-order valence-electron chi connectivity index (χ1n) is 8.26. The minimum Gasteiger partial charge on any atom is -0.267 e. The van der Waals surface area contributed by atoms with Gasteiger partial charge in [0, 0.05) is 28.7 Å². The van der Waals surface area contributed by atoms with Crippen LogP contribution in [0.3, 0.4) is 0 Å². The molecule has 27 heavy (non-hydrogen) atoms. The second-order valence-corrected chi connectivity index (χ2v) is 6.86. The lowest BCUT2D eigenvalue weighted by molar-refractivity contribution is 0.0957. The zero-order valence-corrected chi connectivity index (χ0v) is 15.3. The van der Waals surface area contributed by atoms with Gasteiger partial charge in [0.15, 0.2) is 0 Å². The van der Waals surface area contributed by atoms with E-state index < -0.39 is 0 Å². The normalized spacial score (nSPS) is 11.1. The van der Waals surface area contributed by atoms with Crippen molar-refractivity contribution < 1.29 is 4.79 Å². The van der Waals surface area contributed by atoms with E-state index in [1.165, 1.54) is 17.6 Å². The second-order valence-electron chi connectivity index (χ2n) is 5.80. The van der Waals surface area contributed by atoms with Crippen LogP contribution in [0.1, 0.15) is 21.1 Å². The standard InChI is InChI=1S/C20H15N5OS/c1-13-23-15(12-27-13)11-22-25-20(26)17-10-19(14-6-8-21-9-7-14)24-18-5-3-2-4-16(17)18/h2-12H,1H3,(H,25,26)/b22-11-. The first-order valence-corrected chi connectivity index (χ1v) is 9.14. The maximum Gasteiger partial charge on any atom is 0.272 e. The second kappa shape index (κ2) is 7.43. The smallest absolute Gasteiger partial charge is 0.267 e. The first-order chi connectivity index (χ1) is 13.2. The number of amides is 1. The summed E-state index contributed by atoms with van der Waals surface area (Å²) in [5.74, 6) is -0.299. The van der Waals surface area contributed by atoms with Gasteiger partial charge in [-0.05, 0) is 31.2 Å². The first kappa shape index (κ1) is 17.0. The van der Waals surface area contributed by atoms with E-state index in [2.05, 4.69) is 25.5 Å². The predicted octanol–water partition coefficient (Wildman–Crippen LogP) is 3.83. The monoisotopic (exact) mass is 373 g/mol. The number of hydrogen-bond donors (Lipinski definition) is 1. The average Bonchev–Trinajstić information content (AvgIpc) is 3.12. The molecule has 1 aromatic carbocycles. The molecule has 0 aliphatic heterocycles. The number of carbonyl (C=O) groups excluding carboxylic acids is 1. The van der Waals surface area contributed by atoms with Crippen LogP contribution in [0.4, 0.5) is 0 Å². The van der Waals surface area contributed by atoms with E-state index in [1.807, 2.05) is 48.7 Å². The summed E-state index contributed by atoms with van der Waals surface area (Å²) < 4.78 is 0. The Morgan fingerprint density at radius 1 is 1.15 bits per heavy atom. The van der Waals surface area contributed by atoms with E-state index in [-0.39, 0.29) is 5.91 Å². The third-order valence-corrected chi connectivity index (χ3v) is 4.73. The Morgan fingerprint density at radius 3 is 2.74 bits per heavy atom. The van der Waals surface area contributed by atoms with Crippen molar-refractivity contribution >= 4 is 34.4 Å². The zero-order valence-electron chi connectivity index (χ0n) is 14.5. The van der Waals surface area contributed by atoms with Gasteiger partial charge in [-0.25, -0.2) is 15.4 Å². The Bertz CT molecular complexity index is 1140. The maximum atomic E-state index is 12.8. The molecular weight excluding hydrogens is 358 g/mol. The summed E-state index contributed by atoms with van der Waals surface area (Å²) in [7, 11) is 0. The lowest BCUT2D eigenvalue weighted by Gasteiger charge is -2.08. The number of fused-ring (bicyclic) bond motifs is 1. The van der Waals surface area contributed by atoms with Gasteiger partial charge in [0.1, 0.15) is 0 Å². The van der Waals surface area contributed by atoms with Crippen molar-refractivity contribution in [1.82, 2.24) is 20.4 Å². The van der Waals surface area contributed by atoms with Crippen molar-refractivity contribution in [3.8, 4) is 11.3 Å². The van der Waals surface area contributed by atoms with Crippen molar-refractivity contribution in [3.63, 3.8) is 0 Å². The Balaban J connectivity index is 1.69. The minimum absolute atomic E-state index is 0.299. The van der Waals surface area contributed by atoms with E-state index in [1.54, 1.807) is 18.5 Å². The molecule has 1 amide bonds. The van der Waals surface area contributed by atoms with Crippen LogP contribution in [0.25, 0.3) is 22.2 Å². The molecule has 0 spiro atoms. The molecule has 0 atom stereocenters. The van der Waals surface area contributed by atoms with Crippen molar-refractivity contribution in [3.05, 3.63) is 76.5 Å². The summed E-state index contributed by atoms with van der Waals surface area (Å²) in [5, 5.41) is 7.63. The molecule has 7 heteroatoms. The van der Waals surface area contributed by atoms with E-state index in [9.17, 15) is 4.79 Å². The van der Waals surface area contributed by atoms with E-state index in [0.717, 1.165) is 27.2 Å². The molecule has 0 aliphatic rings. The molecule has 0 fully saturated rings. The van der Waals surface area contributed by atoms with Gasteiger partial charge in [0.2, 0.25) is 0 Å². The van der Waals surface area contributed by atoms with Gasteiger partial charge >= 0.3 is 0 Å². The van der Waals surface area contributed by atoms with Crippen LogP contribution in [0.15, 0.2) is 65.3 Å². The summed E-state index contributed by atoms with van der Waals surface area (Å²) >= 11 is 1.53. The third-order valence-electron chi connectivity index (χ3n) is 3.94. The summed E-state index contributed by atoms with van der Waals surface area (Å²) in [6.07, 6.45) is 4.94. The molecular formula is C20H15N5OS. The van der Waals surface area contributed by atoms with Crippen LogP contribution in [0.5, 0.6) is 0 Å². The summed E-state index contributed by atoms with van der Waals surface area (Å²) in [6.45, 7) is 1.92. The number of thiazole rings is 1. The quantitative estimate of drug-likeness (QED) is 0.435. The molecule has 0 bridgehead atoms. The zero-order chi connectivity index (χ0) is 18.6. The maximum absolute atomic E-state index is 12.8. The van der Waals surface area contributed by atoms with Crippen molar-refractivity contribution in [1.29, 1.82) is 0 Å². The topological polar surface area (TPSA) is 80.1 Å². The minimum atomic E-state index is -0.299. The van der Waals surface area contributed by atoms with Gasteiger partial charge in [-0.1, -0.05) is 18.2 Å². The number of rotatable bonds is 4. The molecule has 3 heterocycles. The number of nitrogens with one attached hydrogen (secondary N) is 1. The largest absolute Gasteiger partial charge is 0.272 e. The number of pyridine rings is 2. The Hall–Kier alpha value is -3.45. The fraction of sp³-hybridized carbons (Fsp3) is 0.0500. The van der Waals surface area contributed by atoms with Gasteiger partial charge in [0.25, 0.3) is 5.91 Å². The van der Waals surface area contributed by atoms with Crippen LogP contribution in [-0.2, 0) is 0 Å². The van der Waals surface area contributed by atoms with Gasteiger partial charge in [0.05, 0.1) is 33.7 Å². The Morgan fingerprint density at radius 2 is 1.96 bits per heavy atom. The van der Waals surface area contributed by atoms with E-state index in [4.69, 9.17) is 0 Å². The molecule has 1 N–H and O–H groups in total. The number of aryl methyl sites for hydroxylation is 1. The lowest BCUT2D eigenvalue weighted by Crippen LogP contribution is -2.18. The van der Waals surface area contributed by atoms with E-state index >= 15 is 0 Å². The molecule has 0 unspecified atom stereocenters. The fourth-order valence-electron chi connectivity index (χ4n) is 2.69. The summed E-state index contributed by atoms with van der Waals surface area (Å²) in [4.78, 5) is 25.7. The predicted molar refractivity (Wildman–Crippen MR) is 107 cm³/mol. The molecule has 4 rings (SSSR count). The molecule has 4 aromatic rings. The number of benzene rings is 1. The molecule has 0 radical (unpaired) electrons. The van der Waals surface area contributed by atoms with Crippen molar-refractivity contribution in [2.75, 3.05) is 0 Å². The van der Waals surface area contributed by atoms with Crippen LogP contribution in [-0.4, -0.2) is 27.1 Å². The number of carbonyl (C=O) groups is 1. The molecule has 0 saturated carbocycles. The van der Waals surface area contributed by atoms with Gasteiger partial charge in [-0.3, -0.25) is 9.78 Å². The molecule has 0 saturated heterocycles. The fourth-order valence-corrected chi connectivity index (χ4v) is 3.25. The molecule has 3 aromatic heterocycles. The highest BCUT2D eigenvalue weighted by Crippen LogP contribution is 2.24. The summed E-state index contributed by atoms with van der Waals surface area (Å²) in [5.41, 5.74) is 6.16. The molecule has 6 nitrogen and oxygen atoms in total. The SMILES string of the molecule is Cc1nc(/C=N\NC(=O)c2cc(-c3ccncc3)nc3ccccc23)cs1. The molecule has 132 valence electrons. The Labute approximate surface area is 159 Å². The average molecular weight is 373 g/mol. The van der Waals surface area contributed by atoms with Crippen LogP contribution >= 0.6 is 11.3 Å². The number of para-hydroxylation sites is 1. The third kappa shape index (κ3) is 3.73. The van der Waals surface area contributed by atoms with Gasteiger partial charge in [-0.15, -0.1) is 11.3 Å². The number of aromatic nitrogens is 3. The van der Waals surface area contributed by atoms with Gasteiger partial charge in [-0.2, -0.15) is 5.10 Å².